The minimum Gasteiger partial charge on any atom is -0.355 e. The zero-order valence-electron chi connectivity index (χ0n) is 18.3. The predicted octanol–water partition coefficient (Wildman–Crippen LogP) is 3.50. The van der Waals surface area contributed by atoms with Crippen LogP contribution in [-0.2, 0) is 4.79 Å². The lowest BCUT2D eigenvalue weighted by atomic mass is 10.1. The molecule has 0 radical (unpaired) electrons. The van der Waals surface area contributed by atoms with E-state index in [-0.39, 0.29) is 47.7 Å². The maximum Gasteiger partial charge on any atom is 0.234 e. The fourth-order valence-electron chi connectivity index (χ4n) is 3.96. The number of likely N-dealkylation sites (tertiary alicyclic amines) is 1. The van der Waals surface area contributed by atoms with Gasteiger partial charge in [0.25, 0.3) is 0 Å². The second-order valence-electron chi connectivity index (χ2n) is 8.10. The first-order valence-electron chi connectivity index (χ1n) is 11.0. The molecule has 1 aromatic rings. The summed E-state index contributed by atoms with van der Waals surface area (Å²) in [6.07, 6.45) is 3.71. The van der Waals surface area contributed by atoms with Gasteiger partial charge in [-0.2, -0.15) is 0 Å². The van der Waals surface area contributed by atoms with Crippen LogP contribution in [0.25, 0.3) is 0 Å². The van der Waals surface area contributed by atoms with Crippen LogP contribution in [0.2, 0.25) is 5.02 Å². The van der Waals surface area contributed by atoms with Crippen LogP contribution in [0.15, 0.2) is 23.2 Å². The minimum atomic E-state index is -0.242. The number of nitrogens with one attached hydrogen (secondary N) is 3. The molecule has 0 bridgehead atoms. The number of carbonyl (C=O) groups excluding carboxylic acids is 1. The zero-order chi connectivity index (χ0) is 21.5. The Labute approximate surface area is 206 Å². The SMILES string of the molecule is CCCNC(=O)CN1CCC(NC(=NCC)NC2CC2c2c(F)cccc2Cl)CC1.I. The van der Waals surface area contributed by atoms with Crippen molar-refractivity contribution in [2.24, 2.45) is 4.99 Å². The summed E-state index contributed by atoms with van der Waals surface area (Å²) in [6, 6.07) is 5.29. The summed E-state index contributed by atoms with van der Waals surface area (Å²) in [6.45, 7) is 7.69. The van der Waals surface area contributed by atoms with Crippen LogP contribution in [-0.4, -0.2) is 61.6 Å². The number of aliphatic imine (C=N–C) groups is 1. The second kappa shape index (κ2) is 12.8. The van der Waals surface area contributed by atoms with Gasteiger partial charge in [0.05, 0.1) is 6.54 Å². The van der Waals surface area contributed by atoms with E-state index in [1.807, 2.05) is 6.92 Å². The molecule has 1 saturated carbocycles. The third-order valence-corrected chi connectivity index (χ3v) is 6.00. The first-order chi connectivity index (χ1) is 14.5. The molecule has 1 amide bonds. The number of nitrogens with zero attached hydrogens (tertiary/aromatic N) is 2. The third kappa shape index (κ3) is 7.75. The average Bonchev–Trinajstić information content (AvgIpc) is 3.46. The van der Waals surface area contributed by atoms with E-state index in [9.17, 15) is 9.18 Å². The van der Waals surface area contributed by atoms with Crippen LogP contribution in [0.1, 0.15) is 51.0 Å². The molecule has 31 heavy (non-hydrogen) atoms. The highest BCUT2D eigenvalue weighted by atomic mass is 127. The number of hydrogen-bond donors (Lipinski definition) is 3. The second-order valence-corrected chi connectivity index (χ2v) is 8.50. The molecule has 9 heteroatoms. The molecule has 1 aliphatic carbocycles. The highest BCUT2D eigenvalue weighted by Gasteiger charge is 2.42. The standard InChI is InChI=1S/C22H33ClFN5O.HI/c1-3-10-26-20(30)14-29-11-8-15(9-12-29)27-22(25-4-2)28-19-13-16(19)21-17(23)6-5-7-18(21)24;/h5-7,15-16,19H,3-4,8-14H2,1-2H3,(H,26,30)(H2,25,27,28);1H. The van der Waals surface area contributed by atoms with Gasteiger partial charge in [-0.3, -0.25) is 14.7 Å². The van der Waals surface area contributed by atoms with Gasteiger partial charge in [-0.15, -0.1) is 24.0 Å². The summed E-state index contributed by atoms with van der Waals surface area (Å²) >= 11 is 6.21. The highest BCUT2D eigenvalue weighted by molar-refractivity contribution is 14.0. The monoisotopic (exact) mass is 565 g/mol. The van der Waals surface area contributed by atoms with Gasteiger partial charge in [-0.05, 0) is 44.7 Å². The van der Waals surface area contributed by atoms with Crippen molar-refractivity contribution < 1.29 is 9.18 Å². The highest BCUT2D eigenvalue weighted by Crippen LogP contribution is 2.44. The summed E-state index contributed by atoms with van der Waals surface area (Å²) in [5.74, 6) is 0.710. The first kappa shape index (κ1) is 26.1. The fourth-order valence-corrected chi connectivity index (χ4v) is 4.26. The van der Waals surface area contributed by atoms with E-state index in [2.05, 4.69) is 32.8 Å². The molecule has 1 aromatic carbocycles. The number of rotatable bonds is 8. The Hall–Kier alpha value is -1.13. The van der Waals surface area contributed by atoms with Gasteiger partial charge in [0.15, 0.2) is 5.96 Å². The summed E-state index contributed by atoms with van der Waals surface area (Å²) in [5, 5.41) is 10.4. The Bertz CT molecular complexity index is 737. The predicted molar refractivity (Wildman–Crippen MR) is 135 cm³/mol. The molecule has 2 fully saturated rings. The molecule has 2 unspecified atom stereocenters. The molecule has 1 aliphatic heterocycles. The van der Waals surface area contributed by atoms with Crippen LogP contribution in [0, 0.1) is 5.82 Å². The first-order valence-corrected chi connectivity index (χ1v) is 11.4. The Morgan fingerprint density at radius 3 is 2.65 bits per heavy atom. The molecule has 1 heterocycles. The van der Waals surface area contributed by atoms with Gasteiger partial charge in [-0.1, -0.05) is 24.6 Å². The van der Waals surface area contributed by atoms with Crippen molar-refractivity contribution in [1.82, 2.24) is 20.9 Å². The van der Waals surface area contributed by atoms with Gasteiger partial charge in [0.1, 0.15) is 5.82 Å². The topological polar surface area (TPSA) is 68.8 Å². The molecule has 6 nitrogen and oxygen atoms in total. The van der Waals surface area contributed by atoms with Crippen molar-refractivity contribution in [3.05, 3.63) is 34.6 Å². The number of guanidine groups is 1. The molecular formula is C22H34ClFIN5O. The number of carbonyl (C=O) groups is 1. The number of hydrogen-bond acceptors (Lipinski definition) is 3. The molecule has 1 saturated heterocycles. The normalized spacial score (nSPS) is 21.9. The molecule has 2 atom stereocenters. The zero-order valence-corrected chi connectivity index (χ0v) is 21.4. The third-order valence-electron chi connectivity index (χ3n) is 5.67. The number of benzene rings is 1. The van der Waals surface area contributed by atoms with Crippen LogP contribution in [0.5, 0.6) is 0 Å². The van der Waals surface area contributed by atoms with Gasteiger partial charge in [-0.25, -0.2) is 4.39 Å². The van der Waals surface area contributed by atoms with Crippen molar-refractivity contribution in [1.29, 1.82) is 0 Å². The summed E-state index contributed by atoms with van der Waals surface area (Å²) in [7, 11) is 0. The van der Waals surface area contributed by atoms with Crippen LogP contribution in [0.4, 0.5) is 4.39 Å². The Balaban J connectivity index is 0.00000341. The van der Waals surface area contributed by atoms with E-state index in [0.29, 0.717) is 29.7 Å². The number of piperidine rings is 1. The molecule has 3 N–H and O–H groups in total. The number of amides is 1. The quantitative estimate of drug-likeness (QED) is 0.256. The van der Waals surface area contributed by atoms with Crippen molar-refractivity contribution in [2.75, 3.05) is 32.7 Å². The van der Waals surface area contributed by atoms with Gasteiger partial charge in [0.2, 0.25) is 5.91 Å². The lowest BCUT2D eigenvalue weighted by Gasteiger charge is -2.32. The fraction of sp³-hybridized carbons (Fsp3) is 0.636. The summed E-state index contributed by atoms with van der Waals surface area (Å²) < 4.78 is 14.2. The summed E-state index contributed by atoms with van der Waals surface area (Å²) in [5.41, 5.74) is 0.599. The van der Waals surface area contributed by atoms with E-state index >= 15 is 0 Å². The Kier molecular flexibility index (Phi) is 10.8. The lowest BCUT2D eigenvalue weighted by molar-refractivity contribution is -0.122. The van der Waals surface area contributed by atoms with Crippen molar-refractivity contribution >= 4 is 47.4 Å². The largest absolute Gasteiger partial charge is 0.355 e. The van der Waals surface area contributed by atoms with Gasteiger partial charge < -0.3 is 16.0 Å². The minimum absolute atomic E-state index is 0. The Morgan fingerprint density at radius 2 is 2.00 bits per heavy atom. The van der Waals surface area contributed by atoms with Crippen molar-refractivity contribution in [2.45, 2.75) is 57.5 Å². The van der Waals surface area contributed by atoms with Crippen molar-refractivity contribution in [3.63, 3.8) is 0 Å². The molecular weight excluding hydrogens is 532 g/mol. The van der Waals surface area contributed by atoms with E-state index < -0.39 is 0 Å². The lowest BCUT2D eigenvalue weighted by Crippen LogP contribution is -2.50. The van der Waals surface area contributed by atoms with Crippen LogP contribution >= 0.6 is 35.6 Å². The molecule has 3 rings (SSSR count). The van der Waals surface area contributed by atoms with Crippen LogP contribution in [0.3, 0.4) is 0 Å². The average molecular weight is 566 g/mol. The molecule has 2 aliphatic rings. The molecule has 174 valence electrons. The summed E-state index contributed by atoms with van der Waals surface area (Å²) in [4.78, 5) is 18.7. The maximum atomic E-state index is 14.2. The van der Waals surface area contributed by atoms with Gasteiger partial charge >= 0.3 is 0 Å². The van der Waals surface area contributed by atoms with E-state index in [0.717, 1.165) is 51.3 Å². The van der Waals surface area contributed by atoms with E-state index in [1.165, 1.54) is 6.07 Å². The van der Waals surface area contributed by atoms with E-state index in [1.54, 1.807) is 12.1 Å². The van der Waals surface area contributed by atoms with Gasteiger partial charge in [0, 0.05) is 54.8 Å². The van der Waals surface area contributed by atoms with Crippen molar-refractivity contribution in [3.8, 4) is 0 Å². The Morgan fingerprint density at radius 1 is 1.26 bits per heavy atom. The van der Waals surface area contributed by atoms with Crippen LogP contribution < -0.4 is 16.0 Å². The smallest absolute Gasteiger partial charge is 0.234 e. The number of halogens is 3. The maximum absolute atomic E-state index is 14.2. The molecule has 0 aromatic heterocycles. The molecule has 0 spiro atoms. The van der Waals surface area contributed by atoms with E-state index in [4.69, 9.17) is 11.6 Å².